The second kappa shape index (κ2) is 3.81. The maximum absolute atomic E-state index is 6.88. The van der Waals surface area contributed by atoms with Gasteiger partial charge in [0.05, 0.1) is 6.57 Å². The SMILES string of the molecule is [C-]#[N+]c1cc(C)c(C(C)C)c(Cl)c1. The third-order valence-electron chi connectivity index (χ3n) is 2.03. The van der Waals surface area contributed by atoms with Gasteiger partial charge in [-0.05, 0) is 24.5 Å². The molecule has 0 fully saturated rings. The first kappa shape index (κ1) is 10.1. The van der Waals surface area contributed by atoms with Crippen LogP contribution in [0.3, 0.4) is 0 Å². The quantitative estimate of drug-likeness (QED) is 0.585. The molecular weight excluding hydrogens is 182 g/mol. The van der Waals surface area contributed by atoms with Gasteiger partial charge in [-0.3, -0.25) is 0 Å². The largest absolute Gasteiger partial charge is 0.238 e. The predicted molar refractivity (Wildman–Crippen MR) is 56.5 cm³/mol. The van der Waals surface area contributed by atoms with Gasteiger partial charge in [0.15, 0.2) is 5.69 Å². The van der Waals surface area contributed by atoms with Crippen molar-refractivity contribution < 1.29 is 0 Å². The third kappa shape index (κ3) is 2.02. The van der Waals surface area contributed by atoms with E-state index in [1.807, 2.05) is 13.0 Å². The highest BCUT2D eigenvalue weighted by atomic mass is 35.5. The van der Waals surface area contributed by atoms with E-state index in [0.717, 1.165) is 11.1 Å². The molecule has 0 aromatic heterocycles. The van der Waals surface area contributed by atoms with Crippen LogP contribution < -0.4 is 0 Å². The number of halogens is 1. The zero-order valence-electron chi connectivity index (χ0n) is 8.06. The van der Waals surface area contributed by atoms with Crippen LogP contribution in [0.1, 0.15) is 30.9 Å². The van der Waals surface area contributed by atoms with E-state index in [0.29, 0.717) is 16.6 Å². The van der Waals surface area contributed by atoms with Crippen molar-refractivity contribution >= 4 is 17.3 Å². The van der Waals surface area contributed by atoms with Crippen LogP contribution >= 0.6 is 11.6 Å². The lowest BCUT2D eigenvalue weighted by molar-refractivity contribution is 0.857. The zero-order chi connectivity index (χ0) is 10.0. The molecule has 0 radical (unpaired) electrons. The number of hydrogen-bond acceptors (Lipinski definition) is 0. The standard InChI is InChI=1S/C11H12ClN/c1-7(2)11-8(3)5-9(13-4)6-10(11)12/h5-7H,1-3H3. The second-order valence-electron chi connectivity index (χ2n) is 3.42. The van der Waals surface area contributed by atoms with Crippen LogP contribution in [0.2, 0.25) is 5.02 Å². The molecule has 1 aromatic rings. The third-order valence-corrected chi connectivity index (χ3v) is 2.34. The highest BCUT2D eigenvalue weighted by Gasteiger charge is 2.09. The Bertz CT molecular complexity index is 338. The van der Waals surface area contributed by atoms with Gasteiger partial charge in [0.25, 0.3) is 0 Å². The van der Waals surface area contributed by atoms with E-state index in [4.69, 9.17) is 18.2 Å². The van der Waals surface area contributed by atoms with Crippen LogP contribution in [0.5, 0.6) is 0 Å². The summed E-state index contributed by atoms with van der Waals surface area (Å²) in [7, 11) is 0. The Morgan fingerprint density at radius 3 is 2.38 bits per heavy atom. The molecule has 0 heterocycles. The second-order valence-corrected chi connectivity index (χ2v) is 3.83. The fourth-order valence-electron chi connectivity index (χ4n) is 1.53. The van der Waals surface area contributed by atoms with Crippen molar-refractivity contribution in [3.63, 3.8) is 0 Å². The fourth-order valence-corrected chi connectivity index (χ4v) is 2.01. The molecule has 0 spiro atoms. The molecule has 13 heavy (non-hydrogen) atoms. The number of nitrogens with zero attached hydrogens (tertiary/aromatic N) is 1. The number of benzene rings is 1. The molecule has 0 aliphatic rings. The minimum absolute atomic E-state index is 0.410. The highest BCUT2D eigenvalue weighted by Crippen LogP contribution is 2.31. The number of hydrogen-bond donors (Lipinski definition) is 0. The first-order valence-corrected chi connectivity index (χ1v) is 4.61. The van der Waals surface area contributed by atoms with Crippen molar-refractivity contribution in [1.82, 2.24) is 0 Å². The summed E-state index contributed by atoms with van der Waals surface area (Å²) < 4.78 is 0. The van der Waals surface area contributed by atoms with Crippen molar-refractivity contribution in [3.8, 4) is 0 Å². The normalized spacial score (nSPS) is 10.2. The van der Waals surface area contributed by atoms with Gasteiger partial charge >= 0.3 is 0 Å². The molecule has 1 nitrogen and oxygen atoms in total. The van der Waals surface area contributed by atoms with Crippen molar-refractivity contribution in [2.75, 3.05) is 0 Å². The van der Waals surface area contributed by atoms with E-state index in [1.54, 1.807) is 6.07 Å². The van der Waals surface area contributed by atoms with Crippen molar-refractivity contribution in [2.24, 2.45) is 0 Å². The van der Waals surface area contributed by atoms with Crippen molar-refractivity contribution in [2.45, 2.75) is 26.7 Å². The molecule has 0 saturated heterocycles. The Kier molecular flexibility index (Phi) is 2.95. The molecule has 0 aliphatic carbocycles. The molecular formula is C11H12ClN. The predicted octanol–water partition coefficient (Wildman–Crippen LogP) is 4.32. The summed E-state index contributed by atoms with van der Waals surface area (Å²) in [5, 5.41) is 0.709. The summed E-state index contributed by atoms with van der Waals surface area (Å²) in [6.07, 6.45) is 0. The Balaban J connectivity index is 3.33. The van der Waals surface area contributed by atoms with E-state index in [1.165, 1.54) is 0 Å². The van der Waals surface area contributed by atoms with Gasteiger partial charge in [0.2, 0.25) is 0 Å². The van der Waals surface area contributed by atoms with Crippen LogP contribution in [0.4, 0.5) is 5.69 Å². The minimum Gasteiger partial charge on any atom is -0.238 e. The summed E-state index contributed by atoms with van der Waals surface area (Å²) in [6, 6.07) is 3.62. The number of rotatable bonds is 1. The van der Waals surface area contributed by atoms with E-state index >= 15 is 0 Å². The Morgan fingerprint density at radius 2 is 2.00 bits per heavy atom. The van der Waals surface area contributed by atoms with Crippen molar-refractivity contribution in [1.29, 1.82) is 0 Å². The van der Waals surface area contributed by atoms with Crippen LogP contribution in [0, 0.1) is 13.5 Å². The topological polar surface area (TPSA) is 4.36 Å². The molecule has 1 aromatic carbocycles. The van der Waals surface area contributed by atoms with Crippen LogP contribution in [-0.4, -0.2) is 0 Å². The monoisotopic (exact) mass is 193 g/mol. The van der Waals surface area contributed by atoms with Gasteiger partial charge in [0, 0.05) is 5.02 Å². The Labute approximate surface area is 84.2 Å². The van der Waals surface area contributed by atoms with Gasteiger partial charge in [-0.25, -0.2) is 4.85 Å². The molecule has 68 valence electrons. The van der Waals surface area contributed by atoms with E-state index < -0.39 is 0 Å². The van der Waals surface area contributed by atoms with E-state index in [9.17, 15) is 0 Å². The Morgan fingerprint density at radius 1 is 1.38 bits per heavy atom. The van der Waals surface area contributed by atoms with E-state index in [2.05, 4.69) is 18.7 Å². The fraction of sp³-hybridized carbons (Fsp3) is 0.364. The number of aryl methyl sites for hydroxylation is 1. The molecule has 0 unspecified atom stereocenters. The van der Waals surface area contributed by atoms with Gasteiger partial charge in [-0.15, -0.1) is 0 Å². The summed E-state index contributed by atoms with van der Waals surface area (Å²) in [5.74, 6) is 0.410. The lowest BCUT2D eigenvalue weighted by Crippen LogP contribution is -1.92. The lowest BCUT2D eigenvalue weighted by atomic mass is 9.97. The molecule has 0 amide bonds. The molecule has 0 aliphatic heterocycles. The summed E-state index contributed by atoms with van der Waals surface area (Å²) in [6.45, 7) is 13.1. The average molecular weight is 194 g/mol. The van der Waals surface area contributed by atoms with Gasteiger partial charge < -0.3 is 0 Å². The van der Waals surface area contributed by atoms with Gasteiger partial charge in [0.1, 0.15) is 0 Å². The Hall–Kier alpha value is -1.00. The molecule has 2 heteroatoms. The molecule has 1 rings (SSSR count). The van der Waals surface area contributed by atoms with Crippen molar-refractivity contribution in [3.05, 3.63) is 39.7 Å². The smallest absolute Gasteiger partial charge is 0.188 e. The summed E-state index contributed by atoms with van der Waals surface area (Å²) in [4.78, 5) is 3.36. The maximum Gasteiger partial charge on any atom is 0.188 e. The summed E-state index contributed by atoms with van der Waals surface area (Å²) in [5.41, 5.74) is 2.87. The molecule has 0 atom stereocenters. The minimum atomic E-state index is 0.410. The molecule has 0 N–H and O–H groups in total. The first-order valence-electron chi connectivity index (χ1n) is 4.23. The molecule has 0 bridgehead atoms. The average Bonchev–Trinajstić information content (AvgIpc) is 2.02. The first-order chi connectivity index (χ1) is 6.06. The highest BCUT2D eigenvalue weighted by molar-refractivity contribution is 6.31. The van der Waals surface area contributed by atoms with Gasteiger partial charge in [-0.1, -0.05) is 37.1 Å². The lowest BCUT2D eigenvalue weighted by Gasteiger charge is -2.12. The van der Waals surface area contributed by atoms with Gasteiger partial charge in [-0.2, -0.15) is 0 Å². The van der Waals surface area contributed by atoms with E-state index in [-0.39, 0.29) is 0 Å². The summed E-state index contributed by atoms with van der Waals surface area (Å²) >= 11 is 6.07. The molecule has 0 saturated carbocycles. The van der Waals surface area contributed by atoms with Crippen LogP contribution in [-0.2, 0) is 0 Å². The zero-order valence-corrected chi connectivity index (χ0v) is 8.81. The van der Waals surface area contributed by atoms with Crippen LogP contribution in [0.15, 0.2) is 12.1 Å². The van der Waals surface area contributed by atoms with Crippen LogP contribution in [0.25, 0.3) is 4.85 Å². The maximum atomic E-state index is 6.88.